The van der Waals surface area contributed by atoms with Crippen molar-refractivity contribution in [3.63, 3.8) is 0 Å². The zero-order valence-electron chi connectivity index (χ0n) is 7.72. The number of nitro benzene ring substituents is 1. The fraction of sp³-hybridized carbons (Fsp3) is 0.125. The van der Waals surface area contributed by atoms with Crippen LogP contribution in [0.3, 0.4) is 0 Å². The summed E-state index contributed by atoms with van der Waals surface area (Å²) in [5, 5.41) is 9.82. The van der Waals surface area contributed by atoms with Gasteiger partial charge in [0.05, 0.1) is 15.0 Å². The van der Waals surface area contributed by atoms with Gasteiger partial charge in [-0.25, -0.2) is 0 Å². The topological polar surface area (TPSA) is 60.2 Å². The first kappa shape index (κ1) is 13.7. The highest BCUT2D eigenvalue weighted by atomic mass is 35.5. The van der Waals surface area contributed by atoms with Crippen LogP contribution in [0.15, 0.2) is 12.1 Å². The van der Waals surface area contributed by atoms with Gasteiger partial charge in [0.2, 0.25) is 0 Å². The Morgan fingerprint density at radius 3 is 2.12 bits per heavy atom. The molecule has 17 heavy (non-hydrogen) atoms. The van der Waals surface area contributed by atoms with E-state index in [0.29, 0.717) is 12.1 Å². The molecule has 0 N–H and O–H groups in total. The summed E-state index contributed by atoms with van der Waals surface area (Å²) in [6, 6.07) is 1.13. The number of hydrogen-bond donors (Lipinski definition) is 0. The molecule has 0 bridgehead atoms. The van der Waals surface area contributed by atoms with Gasteiger partial charge in [0.1, 0.15) is 5.56 Å². The van der Waals surface area contributed by atoms with Crippen molar-refractivity contribution in [1.29, 1.82) is 0 Å². The summed E-state index contributed by atoms with van der Waals surface area (Å²) in [4.78, 5) is 20.3. The van der Waals surface area contributed by atoms with Gasteiger partial charge < -0.3 is 0 Å². The minimum Gasteiger partial charge on any atom is -0.284 e. The lowest BCUT2D eigenvalue weighted by Gasteiger charge is -2.06. The number of benzene rings is 1. The van der Waals surface area contributed by atoms with Crippen molar-refractivity contribution >= 4 is 34.7 Å². The molecule has 1 aromatic carbocycles. The Kier molecular flexibility index (Phi) is 3.63. The van der Waals surface area contributed by atoms with Gasteiger partial charge in [-0.15, -0.1) is 0 Å². The average Bonchev–Trinajstić information content (AvgIpc) is 2.18. The van der Waals surface area contributed by atoms with E-state index >= 15 is 0 Å². The second-order valence-corrected chi connectivity index (χ2v) is 3.68. The van der Waals surface area contributed by atoms with Crippen molar-refractivity contribution in [1.82, 2.24) is 0 Å². The van der Waals surface area contributed by atoms with Gasteiger partial charge in [0.15, 0.2) is 0 Å². The van der Waals surface area contributed by atoms with E-state index in [1.807, 2.05) is 0 Å². The third kappa shape index (κ3) is 2.86. The van der Waals surface area contributed by atoms with Crippen LogP contribution in [-0.4, -0.2) is 16.9 Å². The molecule has 0 radical (unpaired) electrons. The van der Waals surface area contributed by atoms with Crippen LogP contribution in [0.4, 0.5) is 18.9 Å². The molecule has 0 fully saturated rings. The Labute approximate surface area is 102 Å². The van der Waals surface area contributed by atoms with E-state index in [-0.39, 0.29) is 10.0 Å². The van der Waals surface area contributed by atoms with Crippen LogP contribution in [0.2, 0.25) is 10.0 Å². The molecular formula is C8H2Cl2F3NO3. The maximum Gasteiger partial charge on any atom is 0.455 e. The fourth-order valence-corrected chi connectivity index (χ4v) is 1.34. The van der Waals surface area contributed by atoms with Crippen molar-refractivity contribution in [2.75, 3.05) is 0 Å². The highest BCUT2D eigenvalue weighted by molar-refractivity contribution is 6.42. The molecule has 0 aliphatic rings. The fourth-order valence-electron chi connectivity index (χ4n) is 1.02. The lowest BCUT2D eigenvalue weighted by atomic mass is 10.1. The zero-order valence-corrected chi connectivity index (χ0v) is 9.23. The highest BCUT2D eigenvalue weighted by Gasteiger charge is 2.43. The lowest BCUT2D eigenvalue weighted by Crippen LogP contribution is -2.23. The van der Waals surface area contributed by atoms with Crippen molar-refractivity contribution in [3.8, 4) is 0 Å². The monoisotopic (exact) mass is 287 g/mol. The number of halogens is 5. The third-order valence-electron chi connectivity index (χ3n) is 1.74. The van der Waals surface area contributed by atoms with Gasteiger partial charge in [-0.1, -0.05) is 23.2 Å². The van der Waals surface area contributed by atoms with Crippen molar-refractivity contribution < 1.29 is 22.9 Å². The summed E-state index contributed by atoms with van der Waals surface area (Å²) < 4.78 is 36.5. The molecule has 92 valence electrons. The number of carbonyl (C=O) groups excluding carboxylic acids is 1. The molecule has 0 saturated carbocycles. The number of Topliss-reactive ketones (excluding diaryl/α,β-unsaturated/α-hetero) is 1. The first-order valence-corrected chi connectivity index (χ1v) is 4.65. The van der Waals surface area contributed by atoms with Crippen LogP contribution >= 0.6 is 23.2 Å². The van der Waals surface area contributed by atoms with Crippen LogP contribution in [0, 0.1) is 10.1 Å². The van der Waals surface area contributed by atoms with E-state index in [4.69, 9.17) is 23.2 Å². The molecule has 0 unspecified atom stereocenters. The van der Waals surface area contributed by atoms with Crippen LogP contribution in [0.1, 0.15) is 10.4 Å². The lowest BCUT2D eigenvalue weighted by molar-refractivity contribution is -0.385. The van der Waals surface area contributed by atoms with Gasteiger partial charge >= 0.3 is 6.18 Å². The molecular weight excluding hydrogens is 286 g/mol. The van der Waals surface area contributed by atoms with E-state index in [0.717, 1.165) is 0 Å². The van der Waals surface area contributed by atoms with E-state index in [9.17, 15) is 28.1 Å². The Morgan fingerprint density at radius 1 is 1.24 bits per heavy atom. The van der Waals surface area contributed by atoms with E-state index in [2.05, 4.69) is 0 Å². The molecule has 0 amide bonds. The second kappa shape index (κ2) is 4.50. The van der Waals surface area contributed by atoms with Crippen LogP contribution in [-0.2, 0) is 0 Å². The summed E-state index contributed by atoms with van der Waals surface area (Å²) in [6.07, 6.45) is -5.22. The molecule has 1 aromatic rings. The number of nitro groups is 1. The molecule has 0 heterocycles. The maximum absolute atomic E-state index is 12.2. The normalized spacial score (nSPS) is 11.4. The minimum atomic E-state index is -5.22. The van der Waals surface area contributed by atoms with Crippen LogP contribution in [0.5, 0.6) is 0 Å². The summed E-state index contributed by atoms with van der Waals surface area (Å²) in [6.45, 7) is 0. The largest absolute Gasteiger partial charge is 0.455 e. The molecule has 0 spiro atoms. The van der Waals surface area contributed by atoms with E-state index in [1.54, 1.807) is 0 Å². The number of rotatable bonds is 2. The Balaban J connectivity index is 3.47. The molecule has 0 saturated heterocycles. The standard InChI is InChI=1S/C8H2Cl2F3NO3/c9-4-1-3(7(15)8(11,12)13)6(14(16)17)2-5(4)10/h1-2H. The Bertz CT molecular complexity index is 502. The molecule has 0 atom stereocenters. The Hall–Kier alpha value is -1.34. The second-order valence-electron chi connectivity index (χ2n) is 2.87. The average molecular weight is 288 g/mol. The predicted octanol–water partition coefficient (Wildman–Crippen LogP) is 3.65. The summed E-state index contributed by atoms with van der Waals surface area (Å²) in [5.74, 6) is -2.34. The molecule has 1 rings (SSSR count). The molecule has 9 heteroatoms. The van der Waals surface area contributed by atoms with Gasteiger partial charge in [-0.3, -0.25) is 14.9 Å². The van der Waals surface area contributed by atoms with E-state index in [1.165, 1.54) is 0 Å². The first-order valence-electron chi connectivity index (χ1n) is 3.89. The predicted molar refractivity (Wildman–Crippen MR) is 53.5 cm³/mol. The van der Waals surface area contributed by atoms with Crippen molar-refractivity contribution in [2.24, 2.45) is 0 Å². The van der Waals surface area contributed by atoms with E-state index < -0.39 is 28.1 Å². The number of carbonyl (C=O) groups is 1. The molecule has 4 nitrogen and oxygen atoms in total. The van der Waals surface area contributed by atoms with Crippen molar-refractivity contribution in [2.45, 2.75) is 6.18 Å². The summed E-state index contributed by atoms with van der Waals surface area (Å²) >= 11 is 10.8. The smallest absolute Gasteiger partial charge is 0.284 e. The molecule has 0 aliphatic heterocycles. The minimum absolute atomic E-state index is 0.308. The van der Waals surface area contributed by atoms with Gasteiger partial charge in [0, 0.05) is 6.07 Å². The summed E-state index contributed by atoms with van der Waals surface area (Å²) in [7, 11) is 0. The van der Waals surface area contributed by atoms with Crippen LogP contribution in [0.25, 0.3) is 0 Å². The number of hydrogen-bond acceptors (Lipinski definition) is 3. The van der Waals surface area contributed by atoms with Gasteiger partial charge in [-0.2, -0.15) is 13.2 Å². The van der Waals surface area contributed by atoms with Gasteiger partial charge in [-0.05, 0) is 6.07 Å². The molecule has 0 aromatic heterocycles. The SMILES string of the molecule is O=C(c1cc(Cl)c(Cl)cc1[N+](=O)[O-])C(F)(F)F. The summed E-state index contributed by atoms with van der Waals surface area (Å²) in [5.41, 5.74) is -2.18. The third-order valence-corrected chi connectivity index (χ3v) is 2.46. The quantitative estimate of drug-likeness (QED) is 0.474. The first-order chi connectivity index (χ1) is 7.64. The molecule has 0 aliphatic carbocycles. The number of nitrogens with zero attached hydrogens (tertiary/aromatic N) is 1. The van der Waals surface area contributed by atoms with Crippen molar-refractivity contribution in [3.05, 3.63) is 37.9 Å². The number of alkyl halides is 3. The highest BCUT2D eigenvalue weighted by Crippen LogP contribution is 2.34. The maximum atomic E-state index is 12.2. The van der Waals surface area contributed by atoms with Crippen LogP contribution < -0.4 is 0 Å². The Morgan fingerprint density at radius 2 is 1.71 bits per heavy atom. The number of ketones is 1. The van der Waals surface area contributed by atoms with Gasteiger partial charge in [0.25, 0.3) is 11.5 Å². The zero-order chi connectivity index (χ0) is 13.4.